The number of aliphatic hydroxyl groups excluding tert-OH is 1. The first kappa shape index (κ1) is 9.39. The maximum Gasteiger partial charge on any atom is 0.336 e. The number of hydrogen-bond donors (Lipinski definition) is 2. The van der Waals surface area contributed by atoms with Crippen LogP contribution in [0.4, 0.5) is 0 Å². The van der Waals surface area contributed by atoms with Crippen molar-refractivity contribution in [2.24, 2.45) is 5.73 Å². The molecule has 0 amide bonds. The Morgan fingerprint density at radius 2 is 2.40 bits per heavy atom. The van der Waals surface area contributed by atoms with E-state index in [4.69, 9.17) is 10.8 Å². The van der Waals surface area contributed by atoms with Gasteiger partial charge in [0.2, 0.25) is 0 Å². The summed E-state index contributed by atoms with van der Waals surface area (Å²) >= 11 is 0. The highest BCUT2D eigenvalue weighted by Gasteiger charge is 2.12. The van der Waals surface area contributed by atoms with Gasteiger partial charge in [0.15, 0.2) is 6.10 Å². The topological polar surface area (TPSA) is 72.5 Å². The third-order valence-electron chi connectivity index (χ3n) is 0.944. The molecule has 0 radical (unpaired) electrons. The molecule has 0 spiro atoms. The van der Waals surface area contributed by atoms with Gasteiger partial charge in [0.25, 0.3) is 0 Å². The third-order valence-corrected chi connectivity index (χ3v) is 0.944. The van der Waals surface area contributed by atoms with Crippen LogP contribution in [0.5, 0.6) is 0 Å². The predicted molar refractivity (Wildman–Crippen MR) is 36.3 cm³/mol. The van der Waals surface area contributed by atoms with Gasteiger partial charge >= 0.3 is 5.97 Å². The Kier molecular flexibility index (Phi) is 4.88. The van der Waals surface area contributed by atoms with E-state index in [1.54, 1.807) is 0 Å². The van der Waals surface area contributed by atoms with Gasteiger partial charge in [-0.15, -0.1) is 0 Å². The smallest absolute Gasteiger partial charge is 0.336 e. The van der Waals surface area contributed by atoms with E-state index in [0.717, 1.165) is 6.42 Å². The van der Waals surface area contributed by atoms with Crippen LogP contribution in [-0.2, 0) is 9.53 Å². The Labute approximate surface area is 60.0 Å². The Balaban J connectivity index is 3.42. The molecule has 0 bridgehead atoms. The first-order valence-corrected chi connectivity index (χ1v) is 3.27. The molecular weight excluding hydrogens is 134 g/mol. The summed E-state index contributed by atoms with van der Waals surface area (Å²) in [7, 11) is 0. The number of carbonyl (C=O) groups excluding carboxylic acids is 1. The number of hydrogen-bond acceptors (Lipinski definition) is 4. The van der Waals surface area contributed by atoms with Crippen LogP contribution in [0.15, 0.2) is 0 Å². The average molecular weight is 147 g/mol. The fourth-order valence-electron chi connectivity index (χ4n) is 0.395. The van der Waals surface area contributed by atoms with Crippen molar-refractivity contribution in [3.63, 3.8) is 0 Å². The molecule has 3 N–H and O–H groups in total. The van der Waals surface area contributed by atoms with Crippen LogP contribution in [-0.4, -0.2) is 30.3 Å². The van der Waals surface area contributed by atoms with Crippen LogP contribution >= 0.6 is 0 Å². The molecule has 10 heavy (non-hydrogen) atoms. The highest BCUT2D eigenvalue weighted by atomic mass is 16.5. The summed E-state index contributed by atoms with van der Waals surface area (Å²) in [6, 6.07) is 0. The highest BCUT2D eigenvalue weighted by molar-refractivity contribution is 5.74. The van der Waals surface area contributed by atoms with Crippen LogP contribution in [0.3, 0.4) is 0 Å². The molecule has 4 heteroatoms. The predicted octanol–water partition coefficient (Wildman–Crippen LogP) is -0.741. The number of rotatable bonds is 4. The van der Waals surface area contributed by atoms with Crippen LogP contribution in [0, 0.1) is 0 Å². The number of ether oxygens (including phenoxy) is 1. The zero-order chi connectivity index (χ0) is 7.98. The minimum absolute atomic E-state index is 0.0808. The molecule has 60 valence electrons. The van der Waals surface area contributed by atoms with E-state index in [0.29, 0.717) is 6.61 Å². The van der Waals surface area contributed by atoms with Crippen LogP contribution in [0.2, 0.25) is 0 Å². The third kappa shape index (κ3) is 3.42. The Morgan fingerprint density at radius 3 is 2.80 bits per heavy atom. The van der Waals surface area contributed by atoms with Crippen molar-refractivity contribution in [1.82, 2.24) is 0 Å². The van der Waals surface area contributed by atoms with E-state index in [-0.39, 0.29) is 6.54 Å². The molecule has 1 unspecified atom stereocenters. The molecule has 0 aliphatic carbocycles. The van der Waals surface area contributed by atoms with E-state index in [9.17, 15) is 4.79 Å². The van der Waals surface area contributed by atoms with Crippen molar-refractivity contribution in [3.8, 4) is 0 Å². The van der Waals surface area contributed by atoms with Crippen LogP contribution < -0.4 is 5.73 Å². The van der Waals surface area contributed by atoms with Gasteiger partial charge in [-0.25, -0.2) is 4.79 Å². The SMILES string of the molecule is CCCOC(=O)C(O)CN. The lowest BCUT2D eigenvalue weighted by Crippen LogP contribution is -2.30. The standard InChI is InChI=1S/C6H13NO3/c1-2-3-10-6(9)5(8)4-7/h5,8H,2-4,7H2,1H3. The Hall–Kier alpha value is -0.610. The zero-order valence-electron chi connectivity index (χ0n) is 6.04. The fraction of sp³-hybridized carbons (Fsp3) is 0.833. The quantitative estimate of drug-likeness (QED) is 0.514. The lowest BCUT2D eigenvalue weighted by molar-refractivity contribution is -0.152. The van der Waals surface area contributed by atoms with Crippen LogP contribution in [0.25, 0.3) is 0 Å². The lowest BCUT2D eigenvalue weighted by Gasteiger charge is -2.06. The normalized spacial score (nSPS) is 12.7. The second-order valence-electron chi connectivity index (χ2n) is 1.92. The van der Waals surface area contributed by atoms with Crippen molar-refractivity contribution < 1.29 is 14.6 Å². The summed E-state index contributed by atoms with van der Waals surface area (Å²) in [5.41, 5.74) is 4.99. The monoisotopic (exact) mass is 147 g/mol. The molecule has 0 heterocycles. The van der Waals surface area contributed by atoms with Gasteiger partial charge in [-0.2, -0.15) is 0 Å². The van der Waals surface area contributed by atoms with Crippen molar-refractivity contribution >= 4 is 5.97 Å². The molecule has 0 saturated carbocycles. The summed E-state index contributed by atoms with van der Waals surface area (Å²) in [6.45, 7) is 2.14. The maximum absolute atomic E-state index is 10.6. The number of aliphatic hydroxyl groups is 1. The zero-order valence-corrected chi connectivity index (χ0v) is 6.04. The fourth-order valence-corrected chi connectivity index (χ4v) is 0.395. The highest BCUT2D eigenvalue weighted by Crippen LogP contribution is 1.87. The van der Waals surface area contributed by atoms with Crippen molar-refractivity contribution in [3.05, 3.63) is 0 Å². The number of esters is 1. The van der Waals surface area contributed by atoms with E-state index >= 15 is 0 Å². The summed E-state index contributed by atoms with van der Waals surface area (Å²) < 4.78 is 4.57. The largest absolute Gasteiger partial charge is 0.464 e. The molecule has 0 fully saturated rings. The minimum Gasteiger partial charge on any atom is -0.464 e. The van der Waals surface area contributed by atoms with Gasteiger partial charge in [-0.3, -0.25) is 0 Å². The van der Waals surface area contributed by atoms with E-state index in [2.05, 4.69) is 4.74 Å². The second kappa shape index (κ2) is 5.20. The van der Waals surface area contributed by atoms with Gasteiger partial charge in [-0.1, -0.05) is 6.92 Å². The molecule has 1 atom stereocenters. The minimum atomic E-state index is -1.16. The Bertz CT molecular complexity index is 105. The summed E-state index contributed by atoms with van der Waals surface area (Å²) in [5, 5.41) is 8.75. The first-order chi connectivity index (χ1) is 4.72. The molecule has 0 rings (SSSR count). The average Bonchev–Trinajstić information content (AvgIpc) is 1.98. The van der Waals surface area contributed by atoms with Gasteiger partial charge in [0.05, 0.1) is 6.61 Å². The molecule has 0 aromatic carbocycles. The van der Waals surface area contributed by atoms with E-state index in [1.807, 2.05) is 6.92 Å². The van der Waals surface area contributed by atoms with Gasteiger partial charge in [-0.05, 0) is 6.42 Å². The molecule has 0 aromatic rings. The van der Waals surface area contributed by atoms with E-state index in [1.165, 1.54) is 0 Å². The number of nitrogens with two attached hydrogens (primary N) is 1. The molecule has 4 nitrogen and oxygen atoms in total. The van der Waals surface area contributed by atoms with E-state index < -0.39 is 12.1 Å². The van der Waals surface area contributed by atoms with Gasteiger partial charge in [0.1, 0.15) is 0 Å². The molecular formula is C6H13NO3. The Morgan fingerprint density at radius 1 is 1.80 bits per heavy atom. The number of carbonyl (C=O) groups is 1. The lowest BCUT2D eigenvalue weighted by atomic mass is 10.4. The second-order valence-corrected chi connectivity index (χ2v) is 1.92. The van der Waals surface area contributed by atoms with Gasteiger partial charge in [0, 0.05) is 6.54 Å². The summed E-state index contributed by atoms with van der Waals surface area (Å²) in [4.78, 5) is 10.6. The summed E-state index contributed by atoms with van der Waals surface area (Å²) in [6.07, 6.45) is -0.408. The van der Waals surface area contributed by atoms with Crippen molar-refractivity contribution in [2.45, 2.75) is 19.4 Å². The molecule has 0 aliphatic rings. The summed E-state index contributed by atoms with van der Waals surface area (Å²) in [5.74, 6) is -0.635. The maximum atomic E-state index is 10.6. The molecule has 0 aliphatic heterocycles. The molecule has 0 saturated heterocycles. The first-order valence-electron chi connectivity index (χ1n) is 3.27. The van der Waals surface area contributed by atoms with Crippen molar-refractivity contribution in [1.29, 1.82) is 0 Å². The molecule has 0 aromatic heterocycles. The van der Waals surface area contributed by atoms with Crippen LogP contribution in [0.1, 0.15) is 13.3 Å². The van der Waals surface area contributed by atoms with Crippen molar-refractivity contribution in [2.75, 3.05) is 13.2 Å². The van der Waals surface area contributed by atoms with Gasteiger partial charge < -0.3 is 15.6 Å².